The number of morpholine rings is 1. The molecule has 1 aliphatic heterocycles. The summed E-state index contributed by atoms with van der Waals surface area (Å²) in [6.45, 7) is 0.964. The van der Waals surface area contributed by atoms with Gasteiger partial charge in [0.05, 0.1) is 6.61 Å². The van der Waals surface area contributed by atoms with Crippen LogP contribution in [0.2, 0.25) is 0 Å². The van der Waals surface area contributed by atoms with Gasteiger partial charge in [0.15, 0.2) is 6.04 Å². The van der Waals surface area contributed by atoms with E-state index in [0.29, 0.717) is 24.5 Å². The number of hydrogen-bond acceptors (Lipinski definition) is 5. The third-order valence-electron chi connectivity index (χ3n) is 4.21. The Hall–Kier alpha value is -2.94. The lowest BCUT2D eigenvalue weighted by Crippen LogP contribution is -2.52. The lowest BCUT2D eigenvalue weighted by molar-refractivity contribution is -0.133. The van der Waals surface area contributed by atoms with E-state index < -0.39 is 17.9 Å². The molecule has 26 heavy (non-hydrogen) atoms. The van der Waals surface area contributed by atoms with Crippen molar-refractivity contribution in [2.45, 2.75) is 18.9 Å². The molecule has 4 N–H and O–H groups in total. The zero-order chi connectivity index (χ0) is 18.7. The molecule has 1 saturated carbocycles. The normalized spacial score (nSPS) is 18.2. The van der Waals surface area contributed by atoms with Gasteiger partial charge in [0.25, 0.3) is 11.8 Å². The summed E-state index contributed by atoms with van der Waals surface area (Å²) in [6.07, 6.45) is 1.50. The van der Waals surface area contributed by atoms with Gasteiger partial charge in [0.1, 0.15) is 6.61 Å². The van der Waals surface area contributed by atoms with Gasteiger partial charge in [-0.05, 0) is 37.1 Å². The molecule has 9 heteroatoms. The molecule has 9 nitrogen and oxygen atoms in total. The minimum Gasteiger partial charge on any atom is -0.370 e. The Morgan fingerprint density at radius 2 is 1.88 bits per heavy atom. The Morgan fingerprint density at radius 1 is 1.19 bits per heavy atom. The number of anilines is 2. The van der Waals surface area contributed by atoms with Crippen molar-refractivity contribution < 1.29 is 23.9 Å². The van der Waals surface area contributed by atoms with E-state index in [-0.39, 0.29) is 24.3 Å². The van der Waals surface area contributed by atoms with Gasteiger partial charge in [-0.25, -0.2) is 0 Å². The summed E-state index contributed by atoms with van der Waals surface area (Å²) >= 11 is 0. The molecule has 1 aromatic carbocycles. The molecule has 4 amide bonds. The van der Waals surface area contributed by atoms with Crippen molar-refractivity contribution in [3.63, 3.8) is 0 Å². The van der Waals surface area contributed by atoms with Gasteiger partial charge in [-0.3, -0.25) is 19.2 Å². The topological polar surface area (TPSA) is 131 Å². The summed E-state index contributed by atoms with van der Waals surface area (Å²) in [6, 6.07) is 5.15. The summed E-state index contributed by atoms with van der Waals surface area (Å²) in [5.74, 6) is -2.25. The molecule has 0 spiro atoms. The molecule has 0 aromatic heterocycles. The average Bonchev–Trinajstić information content (AvgIpc) is 3.45. The van der Waals surface area contributed by atoms with Gasteiger partial charge in [-0.15, -0.1) is 0 Å². The van der Waals surface area contributed by atoms with Crippen LogP contribution in [-0.4, -0.2) is 49.4 Å². The maximum absolute atomic E-state index is 12.3. The number of hydrogen-bond donors (Lipinski definition) is 3. The summed E-state index contributed by atoms with van der Waals surface area (Å²) < 4.78 is 5.08. The average molecular weight is 360 g/mol. The minimum atomic E-state index is -1.43. The first-order chi connectivity index (χ1) is 12.5. The van der Waals surface area contributed by atoms with Crippen LogP contribution < -0.4 is 21.3 Å². The van der Waals surface area contributed by atoms with Gasteiger partial charge >= 0.3 is 0 Å². The number of primary amides is 1. The largest absolute Gasteiger partial charge is 0.370 e. The molecule has 3 rings (SSSR count). The van der Waals surface area contributed by atoms with Crippen LogP contribution in [0.15, 0.2) is 24.3 Å². The Kier molecular flexibility index (Phi) is 5.17. The molecule has 1 atom stereocenters. The number of nitrogens with two attached hydrogens (primary N) is 1. The first kappa shape index (κ1) is 17.9. The molecule has 2 fully saturated rings. The lowest BCUT2D eigenvalue weighted by atomic mass is 10.2. The molecule has 0 bridgehead atoms. The second kappa shape index (κ2) is 7.52. The Labute approximate surface area is 149 Å². The highest BCUT2D eigenvalue weighted by Crippen LogP contribution is 2.29. The number of carbonyl (C=O) groups excluding carboxylic acids is 4. The second-order valence-corrected chi connectivity index (χ2v) is 6.25. The molecular weight excluding hydrogens is 340 g/mol. The van der Waals surface area contributed by atoms with Crippen LogP contribution in [0.4, 0.5) is 11.4 Å². The third kappa shape index (κ3) is 4.17. The van der Waals surface area contributed by atoms with Crippen molar-refractivity contribution in [3.8, 4) is 0 Å². The van der Waals surface area contributed by atoms with Gasteiger partial charge < -0.3 is 26.0 Å². The fraction of sp³-hybridized carbons (Fsp3) is 0.412. The van der Waals surface area contributed by atoms with Crippen molar-refractivity contribution in [2.24, 2.45) is 11.7 Å². The zero-order valence-electron chi connectivity index (χ0n) is 14.1. The van der Waals surface area contributed by atoms with Crippen LogP contribution >= 0.6 is 0 Å². The maximum atomic E-state index is 12.3. The Balaban J connectivity index is 1.63. The fourth-order valence-electron chi connectivity index (χ4n) is 2.60. The number of ether oxygens (including phenoxy) is 1. The third-order valence-corrected chi connectivity index (χ3v) is 4.21. The molecule has 2 aliphatic rings. The number of nitrogens with zero attached hydrogens (tertiary/aromatic N) is 1. The van der Waals surface area contributed by atoms with Gasteiger partial charge in [0, 0.05) is 23.8 Å². The molecule has 0 unspecified atom stereocenters. The summed E-state index contributed by atoms with van der Waals surface area (Å²) in [4.78, 5) is 49.0. The highest BCUT2D eigenvalue weighted by molar-refractivity contribution is 6.11. The van der Waals surface area contributed by atoms with Crippen molar-refractivity contribution in [1.82, 2.24) is 5.32 Å². The first-order valence-electron chi connectivity index (χ1n) is 8.34. The quantitative estimate of drug-likeness (QED) is 0.581. The Bertz CT molecular complexity index is 729. The van der Waals surface area contributed by atoms with Crippen LogP contribution in [0.3, 0.4) is 0 Å². The number of amides is 4. The molecule has 0 radical (unpaired) electrons. The van der Waals surface area contributed by atoms with Crippen molar-refractivity contribution in [1.29, 1.82) is 0 Å². The van der Waals surface area contributed by atoms with Crippen LogP contribution in [-0.2, 0) is 23.9 Å². The van der Waals surface area contributed by atoms with E-state index in [4.69, 9.17) is 10.5 Å². The zero-order valence-corrected chi connectivity index (χ0v) is 14.1. The number of nitrogens with one attached hydrogen (secondary N) is 2. The molecule has 138 valence electrons. The molecule has 1 aromatic rings. The molecule has 1 aliphatic carbocycles. The predicted molar refractivity (Wildman–Crippen MR) is 92.1 cm³/mol. The van der Waals surface area contributed by atoms with E-state index in [1.54, 1.807) is 29.2 Å². The minimum absolute atomic E-state index is 0.0411. The molecule has 1 saturated heterocycles. The second-order valence-electron chi connectivity index (χ2n) is 6.25. The van der Waals surface area contributed by atoms with Gasteiger partial charge in [-0.1, -0.05) is 0 Å². The monoisotopic (exact) mass is 360 g/mol. The van der Waals surface area contributed by atoms with E-state index in [1.807, 2.05) is 0 Å². The Morgan fingerprint density at radius 3 is 2.46 bits per heavy atom. The maximum Gasteiger partial charge on any atom is 0.256 e. The van der Waals surface area contributed by atoms with E-state index in [0.717, 1.165) is 12.8 Å². The summed E-state index contributed by atoms with van der Waals surface area (Å²) in [5, 5.41) is 4.92. The van der Waals surface area contributed by atoms with Crippen LogP contribution in [0, 0.1) is 5.92 Å². The highest BCUT2D eigenvalue weighted by atomic mass is 16.5. The standard InChI is InChI=1S/C17H20N4O5/c18-15(23)14(20-16(24)10-1-2-10)17(25)19-11-3-5-12(6-4-11)21-7-8-26-9-13(21)22/h3-6,10,14H,1-2,7-9H2,(H2,18,23)(H,19,25)(H,20,24)/t14-/m1/s1. The fourth-order valence-corrected chi connectivity index (χ4v) is 2.60. The van der Waals surface area contributed by atoms with Crippen molar-refractivity contribution >= 4 is 35.0 Å². The van der Waals surface area contributed by atoms with E-state index in [2.05, 4.69) is 10.6 Å². The van der Waals surface area contributed by atoms with E-state index >= 15 is 0 Å². The highest BCUT2D eigenvalue weighted by Gasteiger charge is 2.34. The number of rotatable bonds is 6. The smallest absolute Gasteiger partial charge is 0.256 e. The van der Waals surface area contributed by atoms with Crippen LogP contribution in [0.5, 0.6) is 0 Å². The summed E-state index contributed by atoms with van der Waals surface area (Å²) in [7, 11) is 0. The van der Waals surface area contributed by atoms with E-state index in [9.17, 15) is 19.2 Å². The van der Waals surface area contributed by atoms with Crippen molar-refractivity contribution in [3.05, 3.63) is 24.3 Å². The SMILES string of the molecule is NC(=O)[C@@H](NC(=O)C1CC1)C(=O)Nc1ccc(N2CCOCC2=O)cc1. The summed E-state index contributed by atoms with van der Waals surface area (Å²) in [5.41, 5.74) is 6.33. The van der Waals surface area contributed by atoms with Crippen molar-refractivity contribution in [2.75, 3.05) is 30.0 Å². The molecule has 1 heterocycles. The van der Waals surface area contributed by atoms with Crippen LogP contribution in [0.1, 0.15) is 12.8 Å². The van der Waals surface area contributed by atoms with Gasteiger partial charge in [-0.2, -0.15) is 0 Å². The molecular formula is C17H20N4O5. The van der Waals surface area contributed by atoms with Crippen LogP contribution in [0.25, 0.3) is 0 Å². The number of benzene rings is 1. The van der Waals surface area contributed by atoms with E-state index in [1.165, 1.54) is 0 Å². The lowest BCUT2D eigenvalue weighted by Gasteiger charge is -2.27. The number of carbonyl (C=O) groups is 4. The first-order valence-corrected chi connectivity index (χ1v) is 8.34. The van der Waals surface area contributed by atoms with Gasteiger partial charge in [0.2, 0.25) is 11.8 Å². The predicted octanol–water partition coefficient (Wildman–Crippen LogP) is -0.632.